The number of hydrogen-bond donors (Lipinski definition) is 1. The van der Waals surface area contributed by atoms with E-state index in [1.54, 1.807) is 6.92 Å². The summed E-state index contributed by atoms with van der Waals surface area (Å²) < 4.78 is 4.79. The average molecular weight is 240 g/mol. The van der Waals surface area contributed by atoms with Crippen molar-refractivity contribution in [3.05, 3.63) is 33.8 Å². The monoisotopic (exact) mass is 239 g/mol. The predicted molar refractivity (Wildman–Crippen MR) is 58.0 cm³/mol. The van der Waals surface area contributed by atoms with Crippen LogP contribution in [0, 0.1) is 11.3 Å². The Kier molecular flexibility index (Phi) is 4.29. The molecule has 0 atom stereocenters. The van der Waals surface area contributed by atoms with E-state index in [4.69, 9.17) is 26.7 Å². The molecule has 1 N–H and O–H groups in total. The first-order chi connectivity index (χ1) is 7.63. The Bertz CT molecular complexity index is 451. The van der Waals surface area contributed by atoms with E-state index in [0.29, 0.717) is 5.56 Å². The predicted octanol–water partition coefficient (Wildman–Crippen LogP) is 1.88. The Morgan fingerprint density at radius 3 is 2.81 bits per heavy atom. The van der Waals surface area contributed by atoms with Crippen LogP contribution in [0.1, 0.15) is 28.4 Å². The number of benzene rings is 1. The number of aliphatic hydroxyl groups excluding tert-OH is 1. The van der Waals surface area contributed by atoms with Crippen molar-refractivity contribution in [2.24, 2.45) is 0 Å². The number of nitriles is 1. The summed E-state index contributed by atoms with van der Waals surface area (Å²) >= 11 is 5.86. The molecule has 0 radical (unpaired) electrons. The van der Waals surface area contributed by atoms with Crippen molar-refractivity contribution in [3.8, 4) is 6.07 Å². The number of ether oxygens (including phenoxy) is 1. The third-order valence-corrected chi connectivity index (χ3v) is 2.34. The second-order valence-corrected chi connectivity index (χ2v) is 3.37. The van der Waals surface area contributed by atoms with Crippen LogP contribution >= 0.6 is 11.6 Å². The maximum absolute atomic E-state index is 11.5. The minimum atomic E-state index is -0.598. The quantitative estimate of drug-likeness (QED) is 0.818. The van der Waals surface area contributed by atoms with Gasteiger partial charge in [-0.15, -0.1) is 0 Å². The third-order valence-electron chi connectivity index (χ3n) is 1.93. The van der Waals surface area contributed by atoms with Crippen molar-refractivity contribution in [2.75, 3.05) is 6.61 Å². The number of carbonyl (C=O) groups excluding carboxylic acids is 1. The van der Waals surface area contributed by atoms with Crippen molar-refractivity contribution in [1.82, 2.24) is 0 Å². The fourth-order valence-corrected chi connectivity index (χ4v) is 1.44. The summed E-state index contributed by atoms with van der Waals surface area (Å²) in [5, 5.41) is 17.8. The normalized spacial score (nSPS) is 9.62. The minimum absolute atomic E-state index is 0.0538. The smallest absolute Gasteiger partial charge is 0.339 e. The molecule has 0 saturated heterocycles. The van der Waals surface area contributed by atoms with Crippen LogP contribution in [0.4, 0.5) is 0 Å². The highest BCUT2D eigenvalue weighted by Gasteiger charge is 2.16. The molecular formula is C11H10ClNO3. The molecule has 0 aliphatic carbocycles. The Labute approximate surface area is 98.0 Å². The Morgan fingerprint density at radius 2 is 2.31 bits per heavy atom. The molecule has 0 unspecified atom stereocenters. The van der Waals surface area contributed by atoms with Gasteiger partial charge < -0.3 is 9.84 Å². The molecule has 0 spiro atoms. The Morgan fingerprint density at radius 1 is 1.62 bits per heavy atom. The average Bonchev–Trinajstić information content (AvgIpc) is 2.29. The molecule has 0 amide bonds. The molecule has 1 aromatic carbocycles. The Balaban J connectivity index is 3.27. The summed E-state index contributed by atoms with van der Waals surface area (Å²) in [7, 11) is 0. The molecule has 0 heterocycles. The molecule has 1 rings (SSSR count). The fraction of sp³-hybridized carbons (Fsp3) is 0.273. The van der Waals surface area contributed by atoms with Gasteiger partial charge in [-0.2, -0.15) is 5.26 Å². The number of esters is 1. The number of halogens is 1. The zero-order chi connectivity index (χ0) is 12.1. The van der Waals surface area contributed by atoms with Crippen LogP contribution < -0.4 is 0 Å². The molecule has 0 aliphatic rings. The third kappa shape index (κ3) is 2.51. The van der Waals surface area contributed by atoms with E-state index >= 15 is 0 Å². The van der Waals surface area contributed by atoms with E-state index in [2.05, 4.69) is 0 Å². The Hall–Kier alpha value is -1.57. The van der Waals surface area contributed by atoms with E-state index in [1.807, 2.05) is 6.07 Å². The van der Waals surface area contributed by atoms with Gasteiger partial charge in [0.05, 0.1) is 29.4 Å². The number of nitrogens with zero attached hydrogens (tertiary/aromatic N) is 1. The van der Waals surface area contributed by atoms with Gasteiger partial charge in [0, 0.05) is 0 Å². The van der Waals surface area contributed by atoms with Crippen LogP contribution in [0.2, 0.25) is 5.02 Å². The van der Waals surface area contributed by atoms with Gasteiger partial charge in [0.2, 0.25) is 0 Å². The van der Waals surface area contributed by atoms with Crippen LogP contribution in [-0.4, -0.2) is 17.7 Å². The second kappa shape index (κ2) is 5.50. The molecule has 0 fully saturated rings. The van der Waals surface area contributed by atoms with Crippen LogP contribution in [0.3, 0.4) is 0 Å². The van der Waals surface area contributed by atoms with E-state index in [0.717, 1.165) is 0 Å². The molecule has 84 valence electrons. The maximum atomic E-state index is 11.5. The molecule has 1 aromatic rings. The lowest BCUT2D eigenvalue weighted by atomic mass is 10.1. The van der Waals surface area contributed by atoms with Crippen molar-refractivity contribution in [1.29, 1.82) is 5.26 Å². The number of rotatable bonds is 3. The first-order valence-corrected chi connectivity index (χ1v) is 5.02. The first-order valence-electron chi connectivity index (χ1n) is 4.64. The zero-order valence-electron chi connectivity index (χ0n) is 8.66. The lowest BCUT2D eigenvalue weighted by Gasteiger charge is -2.07. The summed E-state index contributed by atoms with van der Waals surface area (Å²) in [6, 6.07) is 4.71. The van der Waals surface area contributed by atoms with E-state index in [-0.39, 0.29) is 29.4 Å². The highest BCUT2D eigenvalue weighted by Crippen LogP contribution is 2.23. The number of carbonyl (C=O) groups is 1. The summed E-state index contributed by atoms with van der Waals surface area (Å²) in [6.45, 7) is 1.63. The van der Waals surface area contributed by atoms with Crippen LogP contribution in [0.15, 0.2) is 12.1 Å². The largest absolute Gasteiger partial charge is 0.462 e. The van der Waals surface area contributed by atoms with Gasteiger partial charge in [0.1, 0.15) is 6.07 Å². The van der Waals surface area contributed by atoms with E-state index in [1.165, 1.54) is 12.1 Å². The number of hydrogen-bond acceptors (Lipinski definition) is 4. The SMILES string of the molecule is CCOC(=O)c1cc(CO)cc(C#N)c1Cl. The summed E-state index contributed by atoms with van der Waals surface area (Å²) in [4.78, 5) is 11.5. The van der Waals surface area contributed by atoms with E-state index < -0.39 is 5.97 Å². The van der Waals surface area contributed by atoms with Crippen molar-refractivity contribution < 1.29 is 14.6 Å². The van der Waals surface area contributed by atoms with Crippen molar-refractivity contribution in [2.45, 2.75) is 13.5 Å². The zero-order valence-corrected chi connectivity index (χ0v) is 9.41. The van der Waals surface area contributed by atoms with Crippen LogP contribution in [0.5, 0.6) is 0 Å². The topological polar surface area (TPSA) is 70.3 Å². The van der Waals surface area contributed by atoms with Gasteiger partial charge >= 0.3 is 5.97 Å². The molecule has 0 aliphatic heterocycles. The van der Waals surface area contributed by atoms with Crippen LogP contribution in [0.25, 0.3) is 0 Å². The highest BCUT2D eigenvalue weighted by molar-refractivity contribution is 6.34. The van der Waals surface area contributed by atoms with Crippen molar-refractivity contribution >= 4 is 17.6 Å². The van der Waals surface area contributed by atoms with E-state index in [9.17, 15) is 4.79 Å². The molecule has 16 heavy (non-hydrogen) atoms. The molecular weight excluding hydrogens is 230 g/mol. The molecule has 0 bridgehead atoms. The second-order valence-electron chi connectivity index (χ2n) is 3.00. The highest BCUT2D eigenvalue weighted by atomic mass is 35.5. The molecule has 0 aromatic heterocycles. The van der Waals surface area contributed by atoms with Gasteiger partial charge in [-0.1, -0.05) is 11.6 Å². The van der Waals surface area contributed by atoms with Gasteiger partial charge in [-0.05, 0) is 24.6 Å². The first kappa shape index (κ1) is 12.5. The molecule has 0 saturated carbocycles. The fourth-order valence-electron chi connectivity index (χ4n) is 1.21. The summed E-state index contributed by atoms with van der Waals surface area (Å²) in [6.07, 6.45) is 0. The van der Waals surface area contributed by atoms with Gasteiger partial charge in [-0.25, -0.2) is 4.79 Å². The number of aliphatic hydroxyl groups is 1. The van der Waals surface area contributed by atoms with Gasteiger partial charge in [0.25, 0.3) is 0 Å². The van der Waals surface area contributed by atoms with Gasteiger partial charge in [0.15, 0.2) is 0 Å². The van der Waals surface area contributed by atoms with Gasteiger partial charge in [-0.3, -0.25) is 0 Å². The maximum Gasteiger partial charge on any atom is 0.339 e. The minimum Gasteiger partial charge on any atom is -0.462 e. The lowest BCUT2D eigenvalue weighted by Crippen LogP contribution is -2.07. The standard InChI is InChI=1S/C11H10ClNO3/c1-2-16-11(15)9-4-7(6-14)3-8(5-13)10(9)12/h3-4,14H,2,6H2,1H3. The molecule has 5 heteroatoms. The summed E-state index contributed by atoms with van der Waals surface area (Å²) in [5.41, 5.74) is 0.701. The van der Waals surface area contributed by atoms with Crippen molar-refractivity contribution in [3.63, 3.8) is 0 Å². The lowest BCUT2D eigenvalue weighted by molar-refractivity contribution is 0.0526. The van der Waals surface area contributed by atoms with Crippen LogP contribution in [-0.2, 0) is 11.3 Å². The summed E-state index contributed by atoms with van der Waals surface area (Å²) in [5.74, 6) is -0.598. The molecule has 4 nitrogen and oxygen atoms in total.